The number of amides is 4. The summed E-state index contributed by atoms with van der Waals surface area (Å²) in [6.07, 6.45) is 3.74. The summed E-state index contributed by atoms with van der Waals surface area (Å²) in [5.74, 6) is -1.95. The third-order valence-electron chi connectivity index (χ3n) is 8.06. The van der Waals surface area contributed by atoms with Crippen LogP contribution in [0.2, 0.25) is 0 Å². The number of hydrogen-bond donors (Lipinski definition) is 1. The third-order valence-corrected chi connectivity index (χ3v) is 8.06. The van der Waals surface area contributed by atoms with Gasteiger partial charge in [0.1, 0.15) is 30.9 Å². The first kappa shape index (κ1) is 26.0. The number of nitrogens with zero attached hydrogens (tertiary/aromatic N) is 4. The number of fused-ring (bicyclic) bond motifs is 2. The summed E-state index contributed by atoms with van der Waals surface area (Å²) in [5.41, 5.74) is 8.50. The van der Waals surface area contributed by atoms with Crippen LogP contribution in [0.4, 0.5) is 13.6 Å². The summed E-state index contributed by atoms with van der Waals surface area (Å²) in [4.78, 5) is 42.0. The van der Waals surface area contributed by atoms with E-state index in [1.165, 1.54) is 18.2 Å². The number of hydrogen-bond acceptors (Lipinski definition) is 5. The average molecular weight is 550 g/mol. The van der Waals surface area contributed by atoms with Crippen molar-refractivity contribution in [3.05, 3.63) is 71.3 Å². The van der Waals surface area contributed by atoms with Crippen molar-refractivity contribution in [3.63, 3.8) is 0 Å². The Morgan fingerprint density at radius 1 is 1.12 bits per heavy atom. The number of primary amides is 1. The van der Waals surface area contributed by atoms with E-state index in [1.54, 1.807) is 41.0 Å². The number of benzene rings is 2. The monoisotopic (exact) mass is 549 g/mol. The fourth-order valence-electron chi connectivity index (χ4n) is 5.81. The Labute approximate surface area is 229 Å². The standard InChI is InChI=1S/C29H29F2N5O4/c1-34-12-19(11-33-34)17-4-6-21-22(9-17)24(31)10-23(21)28(38)36(29(32)39)14-27(37)35-13-18-8-20(30)5-7-26(18)40-15-25(35)16-2-3-16/h4-9,11-12,16,23-25H,2-3,10,13-15H2,1H3,(H2,32,39)/t23-,24?,25-/m0/s1. The van der Waals surface area contributed by atoms with Gasteiger partial charge in [-0.25, -0.2) is 13.6 Å². The van der Waals surface area contributed by atoms with E-state index in [4.69, 9.17) is 10.5 Å². The topological polar surface area (TPSA) is 111 Å². The predicted molar refractivity (Wildman–Crippen MR) is 140 cm³/mol. The molecule has 3 atom stereocenters. The lowest BCUT2D eigenvalue weighted by atomic mass is 9.97. The zero-order chi connectivity index (χ0) is 28.1. The quantitative estimate of drug-likeness (QED) is 0.520. The Balaban J connectivity index is 1.24. The molecule has 1 unspecified atom stereocenters. The SMILES string of the molecule is Cn1cc(-c2ccc3c(c2)C(F)C[C@@H]3C(=O)N(CC(=O)N2Cc3cc(F)ccc3OC[C@H]2C2CC2)C(N)=O)cn1. The van der Waals surface area contributed by atoms with Gasteiger partial charge in [-0.3, -0.25) is 19.2 Å². The van der Waals surface area contributed by atoms with Crippen LogP contribution in [0.15, 0.2) is 48.8 Å². The third kappa shape index (κ3) is 4.80. The number of carbonyl (C=O) groups excluding carboxylic acids is 3. The Morgan fingerprint density at radius 3 is 2.62 bits per heavy atom. The van der Waals surface area contributed by atoms with Crippen molar-refractivity contribution < 1.29 is 27.9 Å². The Kier molecular flexibility index (Phi) is 6.52. The minimum absolute atomic E-state index is 0.0732. The number of aryl methyl sites for hydroxylation is 1. The zero-order valence-electron chi connectivity index (χ0n) is 21.9. The molecule has 40 heavy (non-hydrogen) atoms. The van der Waals surface area contributed by atoms with Crippen LogP contribution in [-0.2, 0) is 23.2 Å². The van der Waals surface area contributed by atoms with Gasteiger partial charge in [0.15, 0.2) is 0 Å². The summed E-state index contributed by atoms with van der Waals surface area (Å²) < 4.78 is 36.7. The molecule has 6 rings (SSSR count). The summed E-state index contributed by atoms with van der Waals surface area (Å²) in [7, 11) is 1.78. The first-order valence-electron chi connectivity index (χ1n) is 13.3. The predicted octanol–water partition coefficient (Wildman–Crippen LogP) is 3.83. The Morgan fingerprint density at radius 2 is 1.93 bits per heavy atom. The van der Waals surface area contributed by atoms with E-state index in [1.807, 2.05) is 6.20 Å². The van der Waals surface area contributed by atoms with Gasteiger partial charge in [0.2, 0.25) is 11.8 Å². The van der Waals surface area contributed by atoms with Gasteiger partial charge >= 0.3 is 6.03 Å². The van der Waals surface area contributed by atoms with Crippen LogP contribution in [0.25, 0.3) is 11.1 Å². The molecule has 1 aromatic heterocycles. The van der Waals surface area contributed by atoms with Crippen molar-refractivity contribution in [3.8, 4) is 16.9 Å². The number of alkyl halides is 1. The Hall–Kier alpha value is -4.28. The molecule has 1 fully saturated rings. The molecule has 0 saturated heterocycles. The number of rotatable bonds is 5. The van der Waals surface area contributed by atoms with Crippen LogP contribution in [-0.4, -0.2) is 56.6 Å². The van der Waals surface area contributed by atoms with E-state index in [0.717, 1.165) is 24.0 Å². The van der Waals surface area contributed by atoms with E-state index in [9.17, 15) is 18.8 Å². The molecule has 2 heterocycles. The summed E-state index contributed by atoms with van der Waals surface area (Å²) in [6.45, 7) is -0.305. The van der Waals surface area contributed by atoms with Gasteiger partial charge in [-0.1, -0.05) is 12.1 Å². The van der Waals surface area contributed by atoms with Crippen LogP contribution in [0.3, 0.4) is 0 Å². The van der Waals surface area contributed by atoms with Crippen LogP contribution in [0.1, 0.15) is 48.0 Å². The molecule has 2 N–H and O–H groups in total. The van der Waals surface area contributed by atoms with Gasteiger partial charge in [-0.2, -0.15) is 5.10 Å². The normalized spacial score (nSPS) is 21.7. The van der Waals surface area contributed by atoms with Crippen molar-refractivity contribution in [1.82, 2.24) is 19.6 Å². The first-order chi connectivity index (χ1) is 19.2. The van der Waals surface area contributed by atoms with Crippen LogP contribution in [0, 0.1) is 11.7 Å². The molecule has 0 bridgehead atoms. The summed E-state index contributed by atoms with van der Waals surface area (Å²) in [6, 6.07) is 7.93. The van der Waals surface area contributed by atoms with Crippen molar-refractivity contribution in [2.75, 3.05) is 13.2 Å². The van der Waals surface area contributed by atoms with Gasteiger partial charge in [0, 0.05) is 30.9 Å². The van der Waals surface area contributed by atoms with Gasteiger partial charge in [0.05, 0.1) is 18.2 Å². The minimum atomic E-state index is -1.42. The molecule has 3 aliphatic rings. The second-order valence-corrected chi connectivity index (χ2v) is 10.8. The van der Waals surface area contributed by atoms with Crippen LogP contribution >= 0.6 is 0 Å². The number of aromatic nitrogens is 2. The highest BCUT2D eigenvalue weighted by atomic mass is 19.1. The number of imide groups is 1. The largest absolute Gasteiger partial charge is 0.491 e. The van der Waals surface area contributed by atoms with Crippen LogP contribution < -0.4 is 10.5 Å². The van der Waals surface area contributed by atoms with Crippen molar-refractivity contribution in [2.24, 2.45) is 18.7 Å². The van der Waals surface area contributed by atoms with Gasteiger partial charge in [-0.05, 0) is 66.1 Å². The fraction of sp³-hybridized carbons (Fsp3) is 0.379. The van der Waals surface area contributed by atoms with Gasteiger partial charge in [0.25, 0.3) is 0 Å². The highest BCUT2D eigenvalue weighted by Crippen LogP contribution is 2.45. The summed E-state index contributed by atoms with van der Waals surface area (Å²) in [5, 5.41) is 4.15. The number of carbonyl (C=O) groups is 3. The maximum atomic E-state index is 15.2. The summed E-state index contributed by atoms with van der Waals surface area (Å²) >= 11 is 0. The van der Waals surface area contributed by atoms with E-state index in [0.29, 0.717) is 27.3 Å². The molecule has 2 aromatic carbocycles. The zero-order valence-corrected chi connectivity index (χ0v) is 21.9. The van der Waals surface area contributed by atoms with E-state index >= 15 is 4.39 Å². The fourth-order valence-corrected chi connectivity index (χ4v) is 5.81. The molecular weight excluding hydrogens is 520 g/mol. The molecule has 0 spiro atoms. The van der Waals surface area contributed by atoms with Crippen molar-refractivity contribution >= 4 is 17.8 Å². The molecule has 208 valence electrons. The lowest BCUT2D eigenvalue weighted by Crippen LogP contribution is -2.52. The molecule has 0 radical (unpaired) electrons. The minimum Gasteiger partial charge on any atom is -0.491 e. The molecule has 1 saturated carbocycles. The Bertz CT molecular complexity index is 1500. The second-order valence-electron chi connectivity index (χ2n) is 10.8. The number of urea groups is 1. The lowest BCUT2D eigenvalue weighted by molar-refractivity contribution is -0.141. The van der Waals surface area contributed by atoms with E-state index in [2.05, 4.69) is 5.10 Å². The highest BCUT2D eigenvalue weighted by molar-refractivity contribution is 6.01. The van der Waals surface area contributed by atoms with Gasteiger partial charge in [-0.15, -0.1) is 0 Å². The number of ether oxygens (including phenoxy) is 1. The number of nitrogens with two attached hydrogens (primary N) is 1. The maximum Gasteiger partial charge on any atom is 0.321 e. The smallest absolute Gasteiger partial charge is 0.321 e. The second kappa shape index (κ2) is 10.0. The molecule has 2 aliphatic carbocycles. The lowest BCUT2D eigenvalue weighted by Gasteiger charge is -2.31. The highest BCUT2D eigenvalue weighted by Gasteiger charge is 2.43. The van der Waals surface area contributed by atoms with Crippen molar-refractivity contribution in [1.29, 1.82) is 0 Å². The molecule has 4 amide bonds. The van der Waals surface area contributed by atoms with Gasteiger partial charge < -0.3 is 15.4 Å². The van der Waals surface area contributed by atoms with E-state index < -0.39 is 42.3 Å². The molecule has 3 aromatic rings. The number of halogens is 2. The molecule has 11 heteroatoms. The molecule has 1 aliphatic heterocycles. The molecular formula is C29H29F2N5O4. The average Bonchev–Trinajstić information content (AvgIpc) is 3.63. The first-order valence-corrected chi connectivity index (χ1v) is 13.3. The van der Waals surface area contributed by atoms with Crippen molar-refractivity contribution in [2.45, 2.75) is 43.9 Å². The maximum absolute atomic E-state index is 15.2. The molecule has 9 nitrogen and oxygen atoms in total. The van der Waals surface area contributed by atoms with Crippen LogP contribution in [0.5, 0.6) is 5.75 Å². The van der Waals surface area contributed by atoms with E-state index in [-0.39, 0.29) is 31.5 Å².